The lowest BCUT2D eigenvalue weighted by molar-refractivity contribution is 0.0591. The molecule has 1 amide bonds. The number of carbonyl (C=O) groups is 10. The van der Waals surface area contributed by atoms with Crippen LogP contribution in [0.25, 0.3) is 64.6 Å². The zero-order valence-corrected chi connectivity index (χ0v) is 57.7. The number of nitrogens with two attached hydrogens (primary N) is 1. The number of methoxy groups -OCH3 is 7. The maximum absolute atomic E-state index is 11.4. The Hall–Kier alpha value is -13.2. The minimum atomic E-state index is -0.969. The van der Waals surface area contributed by atoms with Crippen molar-refractivity contribution in [2.45, 2.75) is 0 Å². The van der Waals surface area contributed by atoms with Crippen molar-refractivity contribution in [2.24, 2.45) is 5.73 Å². The lowest BCUT2D eigenvalue weighted by Crippen LogP contribution is -2.10. The summed E-state index contributed by atoms with van der Waals surface area (Å²) in [7, 11) is 9.37. The lowest BCUT2D eigenvalue weighted by atomic mass is 10.0. The van der Waals surface area contributed by atoms with E-state index in [9.17, 15) is 47.9 Å². The molecule has 512 valence electrons. The van der Waals surface area contributed by atoms with Gasteiger partial charge in [0.2, 0.25) is 5.91 Å². The molecule has 0 aromatic heterocycles. The fraction of sp³-hybridized carbons (Fsp3) is 0.0886. The van der Waals surface area contributed by atoms with E-state index in [0.29, 0.717) is 61.2 Å². The number of amides is 1. The minimum Gasteiger partial charge on any atom is -0.478 e. The molecule has 12 rings (SSSR count). The van der Waals surface area contributed by atoms with Gasteiger partial charge in [0.1, 0.15) is 0 Å². The normalized spacial score (nSPS) is 10.1. The minimum absolute atomic E-state index is 0.225. The van der Waals surface area contributed by atoms with Crippen molar-refractivity contribution in [3.05, 3.63) is 284 Å². The number of hydrogen-bond donors (Lipinski definition) is 2. The van der Waals surface area contributed by atoms with E-state index in [1.54, 1.807) is 188 Å². The lowest BCUT2D eigenvalue weighted by Gasteiger charge is -2.05. The summed E-state index contributed by atoms with van der Waals surface area (Å²) in [5, 5.41) is 36.3. The average molecular weight is 1450 g/mol. The number of rotatable bonds is 10. The van der Waals surface area contributed by atoms with Crippen LogP contribution in [-0.2, 0) is 33.2 Å². The maximum Gasteiger partial charge on any atom is 0.337 e. The highest BCUT2D eigenvalue weighted by Crippen LogP contribution is 2.29. The number of primary amides is 1. The summed E-state index contributed by atoms with van der Waals surface area (Å²) < 4.78 is 33.3. The molecule has 102 heavy (non-hydrogen) atoms. The molecule has 0 saturated heterocycles. The number of carboxylic acid groups (broad SMARTS) is 1. The number of nitriles is 2. The van der Waals surface area contributed by atoms with Crippen LogP contribution in [0, 0.1) is 22.7 Å². The number of halogens is 2. The third-order valence-electron chi connectivity index (χ3n) is 15.1. The topological polar surface area (TPSA) is 329 Å². The van der Waals surface area contributed by atoms with Crippen LogP contribution in [0.5, 0.6) is 0 Å². The van der Waals surface area contributed by atoms with Crippen LogP contribution in [0.1, 0.15) is 115 Å². The summed E-state index contributed by atoms with van der Waals surface area (Å²) in [6, 6.07) is 63.9. The Bertz CT molecular complexity index is 5080. The van der Waals surface area contributed by atoms with E-state index >= 15 is 0 Å². The highest BCUT2D eigenvalue weighted by atomic mass is 79.9. The molecule has 21 nitrogen and oxygen atoms in total. The highest BCUT2D eigenvalue weighted by molar-refractivity contribution is 9.10. The second kappa shape index (κ2) is 35.9. The number of benzene rings is 12. The molecule has 12 aromatic carbocycles. The first-order chi connectivity index (χ1) is 48.9. The summed E-state index contributed by atoms with van der Waals surface area (Å²) in [5.41, 5.74) is 10.9. The third-order valence-corrected chi connectivity index (χ3v) is 15.9. The summed E-state index contributed by atoms with van der Waals surface area (Å²) in [5.74, 6) is -4.11. The Morgan fingerprint density at radius 2 is 0.539 bits per heavy atom. The summed E-state index contributed by atoms with van der Waals surface area (Å²) in [6.07, 6.45) is 0. The first-order valence-corrected chi connectivity index (χ1v) is 31.1. The van der Waals surface area contributed by atoms with Gasteiger partial charge >= 0.3 is 47.8 Å². The Morgan fingerprint density at radius 3 is 0.833 bits per heavy atom. The van der Waals surface area contributed by atoms with Crippen LogP contribution in [-0.4, -0.2) is 114 Å². The van der Waals surface area contributed by atoms with E-state index in [0.717, 1.165) is 69.1 Å². The molecule has 0 radical (unpaired) electrons. The number of aromatic carboxylic acids is 1. The van der Waals surface area contributed by atoms with Gasteiger partial charge in [0.05, 0.1) is 118 Å². The predicted molar refractivity (Wildman–Crippen MR) is 386 cm³/mol. The van der Waals surface area contributed by atoms with Crippen LogP contribution >= 0.6 is 27.5 Å². The molecule has 0 spiro atoms. The van der Waals surface area contributed by atoms with E-state index < -0.39 is 23.1 Å². The maximum atomic E-state index is 11.4. The Morgan fingerprint density at radius 1 is 0.314 bits per heavy atom. The Balaban J connectivity index is 0.000000172. The molecule has 0 aliphatic heterocycles. The van der Waals surface area contributed by atoms with Gasteiger partial charge < -0.3 is 44.0 Å². The number of fused-ring (bicyclic) bond motifs is 6. The van der Waals surface area contributed by atoms with Crippen molar-refractivity contribution in [3.63, 3.8) is 0 Å². The quantitative estimate of drug-likeness (QED) is 0.0729. The van der Waals surface area contributed by atoms with Gasteiger partial charge in [-0.2, -0.15) is 10.5 Å². The molecule has 23 heteroatoms. The van der Waals surface area contributed by atoms with Gasteiger partial charge in [-0.1, -0.05) is 82.7 Å². The summed E-state index contributed by atoms with van der Waals surface area (Å²) in [6.45, 7) is 0. The summed E-state index contributed by atoms with van der Waals surface area (Å²) >= 11 is 8.79. The standard InChI is InChI=1S/C14H12O4.C13H8BrNO2.C13H9ClO3.C13H11NO3.C13H9NO2.C13H10O4/c1-17-13(15)11-5-3-10-8-12(14(16)18-2)6-4-9(10)7-11;1-17-13(16)10-5-9-3-2-8(7-15)4-11(9)12(14)6-10;2*1-17-13(16)11-5-3-8-6-10(12(14)15)4-2-9(8)7-11;1-16-13(15)12-5-4-10-6-9(8-14)2-3-11(10)7-12;1-17-13(16)11-5-3-8-6-10(12(14)15)4-2-9(8)7-11/h3-8H,1-2H3;2-6H,1H3;2-7H,1H3;2-7H,1H3,(H2,14,15);2-7H,1H3;2-7H,1H3,(H,14,15). The van der Waals surface area contributed by atoms with Crippen molar-refractivity contribution in [1.29, 1.82) is 10.5 Å². The Labute approximate surface area is 595 Å². The van der Waals surface area contributed by atoms with Crippen LogP contribution in [0.4, 0.5) is 0 Å². The summed E-state index contributed by atoms with van der Waals surface area (Å²) in [4.78, 5) is 112. The molecule has 0 saturated carbocycles. The largest absolute Gasteiger partial charge is 0.478 e. The van der Waals surface area contributed by atoms with E-state index in [1.807, 2.05) is 18.2 Å². The van der Waals surface area contributed by atoms with Crippen molar-refractivity contribution in [1.82, 2.24) is 0 Å². The fourth-order valence-electron chi connectivity index (χ4n) is 9.79. The van der Waals surface area contributed by atoms with Crippen molar-refractivity contribution in [2.75, 3.05) is 49.8 Å². The SMILES string of the molecule is COC(=O)c1cc(Br)c2cc(C#N)ccc2c1.COC(=O)c1ccc2cc(C#N)ccc2c1.COC(=O)c1ccc2cc(C(=O)Cl)ccc2c1.COC(=O)c1ccc2cc(C(=O)O)ccc2c1.COC(=O)c1ccc2cc(C(=O)OC)ccc2c1.COC(=O)c1ccc2cc(C(N)=O)ccc2c1. The molecular weight excluding hydrogens is 1390 g/mol. The van der Waals surface area contributed by atoms with Gasteiger partial charge in [0.25, 0.3) is 5.24 Å². The van der Waals surface area contributed by atoms with Gasteiger partial charge in [-0.3, -0.25) is 9.59 Å². The van der Waals surface area contributed by atoms with Crippen LogP contribution in [0.2, 0.25) is 0 Å². The molecule has 0 atom stereocenters. The molecule has 0 aliphatic rings. The molecular formula is C79H59BrClN3O18. The predicted octanol–water partition coefficient (Wildman–Crippen LogP) is 15.2. The number of nitrogens with zero attached hydrogens (tertiary/aromatic N) is 2. The monoisotopic (exact) mass is 1450 g/mol. The fourth-order valence-corrected chi connectivity index (χ4v) is 10.5. The van der Waals surface area contributed by atoms with Gasteiger partial charge in [-0.15, -0.1) is 0 Å². The first kappa shape index (κ1) is 76.2. The van der Waals surface area contributed by atoms with Gasteiger partial charge in [-0.05, 0) is 222 Å². The van der Waals surface area contributed by atoms with E-state index in [2.05, 4.69) is 61.2 Å². The van der Waals surface area contributed by atoms with Crippen LogP contribution in [0.3, 0.4) is 0 Å². The molecule has 0 unspecified atom stereocenters. The van der Waals surface area contributed by atoms with Gasteiger partial charge in [-0.25, -0.2) is 38.4 Å². The Kier molecular flexibility index (Phi) is 26.8. The van der Waals surface area contributed by atoms with Gasteiger partial charge in [0, 0.05) is 15.6 Å². The van der Waals surface area contributed by atoms with Crippen LogP contribution < -0.4 is 5.73 Å². The molecule has 12 aromatic rings. The number of ether oxygens (including phenoxy) is 7. The van der Waals surface area contributed by atoms with Crippen molar-refractivity contribution < 1.29 is 86.2 Å². The average Bonchev–Trinajstić information content (AvgIpc) is 0.816. The molecule has 0 fully saturated rings. The number of carbonyl (C=O) groups excluding carboxylic acids is 9. The van der Waals surface area contributed by atoms with E-state index in [1.165, 1.54) is 55.8 Å². The van der Waals surface area contributed by atoms with E-state index in [4.69, 9.17) is 33.0 Å². The molecule has 0 heterocycles. The first-order valence-electron chi connectivity index (χ1n) is 29.9. The van der Waals surface area contributed by atoms with Crippen LogP contribution in [0.15, 0.2) is 217 Å². The zero-order chi connectivity index (χ0) is 74.3. The second-order valence-corrected chi connectivity index (χ2v) is 22.6. The molecule has 0 aliphatic carbocycles. The zero-order valence-electron chi connectivity index (χ0n) is 55.3. The second-order valence-electron chi connectivity index (χ2n) is 21.4. The number of hydrogen-bond acceptors (Lipinski definition) is 19. The van der Waals surface area contributed by atoms with Crippen molar-refractivity contribution >= 4 is 151 Å². The smallest absolute Gasteiger partial charge is 0.337 e. The number of carboxylic acids is 1. The number of esters is 7. The van der Waals surface area contributed by atoms with E-state index in [-0.39, 0.29) is 41.4 Å². The van der Waals surface area contributed by atoms with Crippen molar-refractivity contribution in [3.8, 4) is 12.1 Å². The van der Waals surface area contributed by atoms with Gasteiger partial charge in [0.15, 0.2) is 0 Å². The molecule has 3 N–H and O–H groups in total. The third kappa shape index (κ3) is 19.8. The molecule has 0 bridgehead atoms. The highest BCUT2D eigenvalue weighted by Gasteiger charge is 2.15.